The standard InChI is InChI=1S/C10H19N5O/c1-7-9(14-11)12-8(2)13-10(7)15(3)5-6-16-4/h5-6,11H2,1-4H3,(H,12,13,14). The highest BCUT2D eigenvalue weighted by Gasteiger charge is 2.11. The van der Waals surface area contributed by atoms with Crippen LogP contribution in [0.3, 0.4) is 0 Å². The summed E-state index contributed by atoms with van der Waals surface area (Å²) < 4.78 is 5.04. The molecule has 0 radical (unpaired) electrons. The molecule has 0 unspecified atom stereocenters. The number of methoxy groups -OCH3 is 1. The number of hydrogen-bond acceptors (Lipinski definition) is 6. The zero-order chi connectivity index (χ0) is 12.1. The van der Waals surface area contributed by atoms with Crippen molar-refractivity contribution in [2.45, 2.75) is 13.8 Å². The van der Waals surface area contributed by atoms with Gasteiger partial charge < -0.3 is 15.1 Å². The molecule has 90 valence electrons. The van der Waals surface area contributed by atoms with Gasteiger partial charge in [0.25, 0.3) is 0 Å². The third-order valence-corrected chi connectivity index (χ3v) is 2.36. The lowest BCUT2D eigenvalue weighted by Crippen LogP contribution is -2.25. The maximum Gasteiger partial charge on any atom is 0.148 e. The van der Waals surface area contributed by atoms with E-state index in [1.54, 1.807) is 7.11 Å². The van der Waals surface area contributed by atoms with Crippen LogP contribution in [0.4, 0.5) is 11.6 Å². The Morgan fingerprint density at radius 2 is 2.06 bits per heavy atom. The second kappa shape index (κ2) is 5.62. The zero-order valence-corrected chi connectivity index (χ0v) is 10.2. The van der Waals surface area contributed by atoms with Crippen molar-refractivity contribution in [2.75, 3.05) is 37.6 Å². The van der Waals surface area contributed by atoms with Gasteiger partial charge in [0.1, 0.15) is 17.5 Å². The van der Waals surface area contributed by atoms with Crippen molar-refractivity contribution in [3.8, 4) is 0 Å². The number of hydrazine groups is 1. The van der Waals surface area contributed by atoms with Crippen molar-refractivity contribution < 1.29 is 4.74 Å². The fraction of sp³-hybridized carbons (Fsp3) is 0.600. The summed E-state index contributed by atoms with van der Waals surface area (Å²) in [4.78, 5) is 10.6. The van der Waals surface area contributed by atoms with Gasteiger partial charge in [-0.3, -0.25) is 0 Å². The zero-order valence-electron chi connectivity index (χ0n) is 10.2. The third kappa shape index (κ3) is 2.80. The minimum atomic E-state index is 0.657. The van der Waals surface area contributed by atoms with Gasteiger partial charge in [0.15, 0.2) is 0 Å². The lowest BCUT2D eigenvalue weighted by atomic mass is 10.3. The summed E-state index contributed by atoms with van der Waals surface area (Å²) in [5.41, 5.74) is 3.52. The molecule has 1 aromatic heterocycles. The van der Waals surface area contributed by atoms with Crippen LogP contribution in [-0.4, -0.2) is 37.3 Å². The van der Waals surface area contributed by atoms with Crippen LogP contribution in [0.2, 0.25) is 0 Å². The largest absolute Gasteiger partial charge is 0.383 e. The molecule has 0 spiro atoms. The first-order valence-electron chi connectivity index (χ1n) is 5.12. The van der Waals surface area contributed by atoms with E-state index in [4.69, 9.17) is 10.6 Å². The summed E-state index contributed by atoms with van der Waals surface area (Å²) in [7, 11) is 3.65. The van der Waals surface area contributed by atoms with E-state index < -0.39 is 0 Å². The number of nitrogen functional groups attached to an aromatic ring is 1. The Bertz CT molecular complexity index is 355. The van der Waals surface area contributed by atoms with Crippen LogP contribution in [0.25, 0.3) is 0 Å². The van der Waals surface area contributed by atoms with Crippen molar-refractivity contribution in [1.29, 1.82) is 0 Å². The summed E-state index contributed by atoms with van der Waals surface area (Å²) in [5, 5.41) is 0. The summed E-state index contributed by atoms with van der Waals surface area (Å²) in [6.07, 6.45) is 0. The molecule has 0 bridgehead atoms. The van der Waals surface area contributed by atoms with Crippen molar-refractivity contribution >= 4 is 11.6 Å². The number of hydrogen-bond donors (Lipinski definition) is 2. The molecule has 0 aliphatic carbocycles. The van der Waals surface area contributed by atoms with E-state index >= 15 is 0 Å². The first-order chi connectivity index (χ1) is 7.60. The summed E-state index contributed by atoms with van der Waals surface area (Å²) >= 11 is 0. The van der Waals surface area contributed by atoms with Crippen molar-refractivity contribution in [2.24, 2.45) is 5.84 Å². The molecule has 16 heavy (non-hydrogen) atoms. The maximum absolute atomic E-state index is 5.41. The highest BCUT2D eigenvalue weighted by Crippen LogP contribution is 2.21. The summed E-state index contributed by atoms with van der Waals surface area (Å²) in [6.45, 7) is 5.21. The molecule has 0 atom stereocenters. The second-order valence-electron chi connectivity index (χ2n) is 3.63. The first-order valence-corrected chi connectivity index (χ1v) is 5.12. The molecule has 6 heteroatoms. The molecule has 0 saturated heterocycles. The second-order valence-corrected chi connectivity index (χ2v) is 3.63. The van der Waals surface area contributed by atoms with E-state index in [0.717, 1.165) is 17.9 Å². The minimum Gasteiger partial charge on any atom is -0.383 e. The molecule has 1 aromatic rings. The smallest absolute Gasteiger partial charge is 0.148 e. The van der Waals surface area contributed by atoms with E-state index in [1.807, 2.05) is 25.8 Å². The maximum atomic E-state index is 5.41. The third-order valence-electron chi connectivity index (χ3n) is 2.36. The topological polar surface area (TPSA) is 76.3 Å². The van der Waals surface area contributed by atoms with Crippen LogP contribution in [0.15, 0.2) is 0 Å². The van der Waals surface area contributed by atoms with Crippen LogP contribution >= 0.6 is 0 Å². The number of nitrogens with two attached hydrogens (primary N) is 1. The van der Waals surface area contributed by atoms with Gasteiger partial charge in [-0.25, -0.2) is 15.8 Å². The number of ether oxygens (including phenoxy) is 1. The average Bonchev–Trinajstić information content (AvgIpc) is 2.28. The minimum absolute atomic E-state index is 0.657. The number of likely N-dealkylation sites (N-methyl/N-ethyl adjacent to an activating group) is 1. The van der Waals surface area contributed by atoms with Crippen LogP contribution < -0.4 is 16.2 Å². The van der Waals surface area contributed by atoms with Gasteiger partial charge in [-0.05, 0) is 13.8 Å². The van der Waals surface area contributed by atoms with Gasteiger partial charge in [0, 0.05) is 26.3 Å². The molecule has 1 heterocycles. The van der Waals surface area contributed by atoms with Gasteiger partial charge in [-0.15, -0.1) is 0 Å². The van der Waals surface area contributed by atoms with Crippen LogP contribution in [0, 0.1) is 13.8 Å². The first kappa shape index (κ1) is 12.7. The SMILES string of the molecule is COCCN(C)c1nc(C)nc(NN)c1C. The number of nitrogens with one attached hydrogen (secondary N) is 1. The van der Waals surface area contributed by atoms with E-state index in [2.05, 4.69) is 15.4 Å². The molecular weight excluding hydrogens is 206 g/mol. The highest BCUT2D eigenvalue weighted by molar-refractivity contribution is 5.57. The monoisotopic (exact) mass is 225 g/mol. The normalized spacial score (nSPS) is 10.3. The molecule has 3 N–H and O–H groups in total. The fourth-order valence-electron chi connectivity index (χ4n) is 1.46. The van der Waals surface area contributed by atoms with Crippen molar-refractivity contribution in [1.82, 2.24) is 9.97 Å². The molecule has 0 fully saturated rings. The molecule has 0 aliphatic rings. The van der Waals surface area contributed by atoms with Gasteiger partial charge in [0.05, 0.1) is 6.61 Å². The van der Waals surface area contributed by atoms with Gasteiger partial charge >= 0.3 is 0 Å². The Balaban J connectivity index is 2.98. The fourth-order valence-corrected chi connectivity index (χ4v) is 1.46. The average molecular weight is 225 g/mol. The quantitative estimate of drug-likeness (QED) is 0.560. The van der Waals surface area contributed by atoms with Crippen LogP contribution in [-0.2, 0) is 4.74 Å². The molecule has 6 nitrogen and oxygen atoms in total. The number of aryl methyl sites for hydroxylation is 1. The predicted octanol–water partition coefficient (Wildman–Crippen LogP) is 0.462. The molecular formula is C10H19N5O. The van der Waals surface area contributed by atoms with E-state index in [-0.39, 0.29) is 0 Å². The van der Waals surface area contributed by atoms with Gasteiger partial charge in [-0.1, -0.05) is 0 Å². The Morgan fingerprint density at radius 1 is 1.38 bits per heavy atom. The van der Waals surface area contributed by atoms with E-state index in [1.165, 1.54) is 0 Å². The molecule has 0 saturated carbocycles. The van der Waals surface area contributed by atoms with E-state index in [9.17, 15) is 0 Å². The predicted molar refractivity (Wildman–Crippen MR) is 64.5 cm³/mol. The lowest BCUT2D eigenvalue weighted by Gasteiger charge is -2.21. The van der Waals surface area contributed by atoms with Crippen molar-refractivity contribution in [3.05, 3.63) is 11.4 Å². The number of nitrogens with zero attached hydrogens (tertiary/aromatic N) is 3. The molecule has 1 rings (SSSR count). The van der Waals surface area contributed by atoms with E-state index in [0.29, 0.717) is 18.2 Å². The number of rotatable bonds is 5. The van der Waals surface area contributed by atoms with Crippen molar-refractivity contribution in [3.63, 3.8) is 0 Å². The summed E-state index contributed by atoms with van der Waals surface area (Å²) in [6, 6.07) is 0. The highest BCUT2D eigenvalue weighted by atomic mass is 16.5. The Hall–Kier alpha value is -1.40. The molecule has 0 aliphatic heterocycles. The molecule has 0 amide bonds. The Kier molecular flexibility index (Phi) is 4.45. The Labute approximate surface area is 95.8 Å². The number of aromatic nitrogens is 2. The van der Waals surface area contributed by atoms with Gasteiger partial charge in [0.2, 0.25) is 0 Å². The van der Waals surface area contributed by atoms with Crippen LogP contribution in [0.5, 0.6) is 0 Å². The van der Waals surface area contributed by atoms with Crippen LogP contribution in [0.1, 0.15) is 11.4 Å². The summed E-state index contributed by atoms with van der Waals surface area (Å²) in [5.74, 6) is 7.63. The lowest BCUT2D eigenvalue weighted by molar-refractivity contribution is 0.206. The van der Waals surface area contributed by atoms with Gasteiger partial charge in [-0.2, -0.15) is 0 Å². The Morgan fingerprint density at radius 3 is 2.62 bits per heavy atom. The number of anilines is 2. The molecule has 0 aromatic carbocycles.